The lowest BCUT2D eigenvalue weighted by Crippen LogP contribution is -1.97. The monoisotopic (exact) mass is 188 g/mol. The van der Waals surface area contributed by atoms with Crippen LogP contribution in [-0.4, -0.2) is 14.8 Å². The number of nitrogens with zero attached hydrogens (tertiary/aromatic N) is 3. The summed E-state index contributed by atoms with van der Waals surface area (Å²) in [6.07, 6.45) is 6.20. The van der Waals surface area contributed by atoms with Crippen molar-refractivity contribution in [2.45, 2.75) is 13.3 Å². The largest absolute Gasteiger partial charge is 0.396 e. The lowest BCUT2D eigenvalue weighted by molar-refractivity contribution is 0.843. The number of nitrogen functional groups attached to an aromatic ring is 1. The molecule has 0 saturated carbocycles. The van der Waals surface area contributed by atoms with Gasteiger partial charge in [0, 0.05) is 6.20 Å². The first-order chi connectivity index (χ1) is 6.79. The van der Waals surface area contributed by atoms with Gasteiger partial charge in [-0.25, -0.2) is 9.67 Å². The molecule has 0 bridgehead atoms. The topological polar surface area (TPSA) is 56.7 Å². The maximum absolute atomic E-state index is 5.56. The summed E-state index contributed by atoms with van der Waals surface area (Å²) in [5, 5.41) is 4.07. The van der Waals surface area contributed by atoms with E-state index in [2.05, 4.69) is 17.0 Å². The maximum atomic E-state index is 5.56. The summed E-state index contributed by atoms with van der Waals surface area (Å²) in [5.41, 5.74) is 7.42. The molecule has 0 spiro atoms. The third kappa shape index (κ3) is 1.59. The second-order valence-corrected chi connectivity index (χ2v) is 3.10. The number of hydrogen-bond acceptors (Lipinski definition) is 3. The molecular weight excluding hydrogens is 176 g/mol. The van der Waals surface area contributed by atoms with E-state index in [1.807, 2.05) is 18.3 Å². The zero-order valence-electron chi connectivity index (χ0n) is 8.01. The SMILES string of the molecule is CCc1ccc(-n2cc(N)cn2)nc1. The van der Waals surface area contributed by atoms with Gasteiger partial charge < -0.3 is 5.73 Å². The van der Waals surface area contributed by atoms with Crippen LogP contribution in [0.4, 0.5) is 5.69 Å². The molecule has 0 aliphatic carbocycles. The second kappa shape index (κ2) is 3.49. The molecule has 2 aromatic heterocycles. The van der Waals surface area contributed by atoms with Gasteiger partial charge in [-0.1, -0.05) is 13.0 Å². The smallest absolute Gasteiger partial charge is 0.153 e. The van der Waals surface area contributed by atoms with E-state index < -0.39 is 0 Å². The van der Waals surface area contributed by atoms with Crippen molar-refractivity contribution in [3.05, 3.63) is 36.3 Å². The van der Waals surface area contributed by atoms with E-state index in [1.165, 1.54) is 5.56 Å². The molecule has 0 aliphatic heterocycles. The van der Waals surface area contributed by atoms with Crippen LogP contribution in [0.15, 0.2) is 30.7 Å². The molecule has 0 aliphatic rings. The Morgan fingerprint density at radius 2 is 2.21 bits per heavy atom. The summed E-state index contributed by atoms with van der Waals surface area (Å²) in [4.78, 5) is 4.28. The van der Waals surface area contributed by atoms with Gasteiger partial charge in [-0.05, 0) is 18.1 Å². The molecule has 4 nitrogen and oxygen atoms in total. The number of anilines is 1. The van der Waals surface area contributed by atoms with Crippen molar-refractivity contribution in [3.63, 3.8) is 0 Å². The summed E-state index contributed by atoms with van der Waals surface area (Å²) in [7, 11) is 0. The van der Waals surface area contributed by atoms with Crippen LogP contribution < -0.4 is 5.73 Å². The summed E-state index contributed by atoms with van der Waals surface area (Å²) < 4.78 is 1.66. The summed E-state index contributed by atoms with van der Waals surface area (Å²) in [6.45, 7) is 2.10. The molecule has 0 aromatic carbocycles. The van der Waals surface area contributed by atoms with Crippen LogP contribution in [0.3, 0.4) is 0 Å². The van der Waals surface area contributed by atoms with E-state index in [1.54, 1.807) is 17.1 Å². The quantitative estimate of drug-likeness (QED) is 0.775. The molecule has 0 fully saturated rings. The Hall–Kier alpha value is -1.84. The number of pyridine rings is 1. The van der Waals surface area contributed by atoms with Gasteiger partial charge in [-0.3, -0.25) is 0 Å². The van der Waals surface area contributed by atoms with Crippen molar-refractivity contribution >= 4 is 5.69 Å². The highest BCUT2D eigenvalue weighted by molar-refractivity contribution is 5.35. The van der Waals surface area contributed by atoms with Crippen LogP contribution in [0.2, 0.25) is 0 Å². The number of aryl methyl sites for hydroxylation is 1. The molecule has 2 aromatic rings. The van der Waals surface area contributed by atoms with E-state index in [0.717, 1.165) is 12.2 Å². The molecule has 0 saturated heterocycles. The van der Waals surface area contributed by atoms with Crippen molar-refractivity contribution in [3.8, 4) is 5.82 Å². The van der Waals surface area contributed by atoms with Gasteiger partial charge in [0.05, 0.1) is 18.1 Å². The average molecular weight is 188 g/mol. The maximum Gasteiger partial charge on any atom is 0.153 e. The van der Waals surface area contributed by atoms with Gasteiger partial charge in [-0.15, -0.1) is 0 Å². The molecule has 0 radical (unpaired) electrons. The number of hydrogen-bond donors (Lipinski definition) is 1. The van der Waals surface area contributed by atoms with E-state index in [9.17, 15) is 0 Å². The standard InChI is InChI=1S/C10H12N4/c1-2-8-3-4-10(12-5-8)14-7-9(11)6-13-14/h3-7H,2,11H2,1H3. The van der Waals surface area contributed by atoms with Crippen LogP contribution in [0.1, 0.15) is 12.5 Å². The molecule has 2 rings (SSSR count). The third-order valence-electron chi connectivity index (χ3n) is 2.05. The van der Waals surface area contributed by atoms with E-state index in [-0.39, 0.29) is 0 Å². The predicted octanol–water partition coefficient (Wildman–Crippen LogP) is 1.41. The molecule has 0 atom stereocenters. The predicted molar refractivity (Wildman–Crippen MR) is 55.1 cm³/mol. The highest BCUT2D eigenvalue weighted by Gasteiger charge is 1.99. The van der Waals surface area contributed by atoms with Gasteiger partial charge >= 0.3 is 0 Å². The van der Waals surface area contributed by atoms with E-state index in [4.69, 9.17) is 5.73 Å². The summed E-state index contributed by atoms with van der Waals surface area (Å²) in [6, 6.07) is 3.98. The van der Waals surface area contributed by atoms with Crippen LogP contribution in [0.25, 0.3) is 5.82 Å². The van der Waals surface area contributed by atoms with Crippen LogP contribution in [0, 0.1) is 0 Å². The van der Waals surface area contributed by atoms with Crippen LogP contribution in [-0.2, 0) is 6.42 Å². The fourth-order valence-corrected chi connectivity index (χ4v) is 1.22. The Balaban J connectivity index is 2.33. The molecule has 14 heavy (non-hydrogen) atoms. The van der Waals surface area contributed by atoms with Crippen molar-refractivity contribution < 1.29 is 0 Å². The lowest BCUT2D eigenvalue weighted by Gasteiger charge is -2.00. The van der Waals surface area contributed by atoms with Crippen molar-refractivity contribution in [2.75, 3.05) is 5.73 Å². The zero-order chi connectivity index (χ0) is 9.97. The Kier molecular flexibility index (Phi) is 2.18. The zero-order valence-corrected chi connectivity index (χ0v) is 8.01. The van der Waals surface area contributed by atoms with Gasteiger partial charge in [0.1, 0.15) is 0 Å². The molecule has 2 heterocycles. The molecule has 0 amide bonds. The summed E-state index contributed by atoms with van der Waals surface area (Å²) >= 11 is 0. The van der Waals surface area contributed by atoms with Crippen LogP contribution in [0.5, 0.6) is 0 Å². The van der Waals surface area contributed by atoms with Gasteiger partial charge in [0.15, 0.2) is 5.82 Å². The highest BCUT2D eigenvalue weighted by atomic mass is 15.3. The Morgan fingerprint density at radius 1 is 1.36 bits per heavy atom. The van der Waals surface area contributed by atoms with Crippen molar-refractivity contribution in [1.29, 1.82) is 0 Å². The molecule has 2 N–H and O–H groups in total. The van der Waals surface area contributed by atoms with Gasteiger partial charge in [-0.2, -0.15) is 5.10 Å². The molecular formula is C10H12N4. The second-order valence-electron chi connectivity index (χ2n) is 3.10. The van der Waals surface area contributed by atoms with Gasteiger partial charge in [0.25, 0.3) is 0 Å². The minimum Gasteiger partial charge on any atom is -0.396 e. The molecule has 72 valence electrons. The first kappa shape index (κ1) is 8.74. The fraction of sp³-hybridized carbons (Fsp3) is 0.200. The Morgan fingerprint density at radius 3 is 2.71 bits per heavy atom. The normalized spacial score (nSPS) is 10.4. The van der Waals surface area contributed by atoms with Crippen molar-refractivity contribution in [1.82, 2.24) is 14.8 Å². The van der Waals surface area contributed by atoms with Gasteiger partial charge in [0.2, 0.25) is 0 Å². The fourth-order valence-electron chi connectivity index (χ4n) is 1.22. The average Bonchev–Trinajstić information content (AvgIpc) is 2.65. The minimum atomic E-state index is 0.645. The number of aromatic nitrogens is 3. The minimum absolute atomic E-state index is 0.645. The molecule has 4 heteroatoms. The summed E-state index contributed by atoms with van der Waals surface area (Å²) in [5.74, 6) is 0.791. The van der Waals surface area contributed by atoms with Crippen LogP contribution >= 0.6 is 0 Å². The number of nitrogens with two attached hydrogens (primary N) is 1. The highest BCUT2D eigenvalue weighted by Crippen LogP contribution is 2.07. The Labute approximate surface area is 82.4 Å². The van der Waals surface area contributed by atoms with E-state index >= 15 is 0 Å². The van der Waals surface area contributed by atoms with E-state index in [0.29, 0.717) is 5.69 Å². The number of rotatable bonds is 2. The van der Waals surface area contributed by atoms with Crippen molar-refractivity contribution in [2.24, 2.45) is 0 Å². The first-order valence-electron chi connectivity index (χ1n) is 4.55. The first-order valence-corrected chi connectivity index (χ1v) is 4.55. The molecule has 0 unspecified atom stereocenters. The lowest BCUT2D eigenvalue weighted by atomic mass is 10.2. The third-order valence-corrected chi connectivity index (χ3v) is 2.05. The Bertz CT molecular complexity index is 416.